The fourth-order valence-corrected chi connectivity index (χ4v) is 6.67. The maximum Gasteiger partial charge on any atom is 0.453 e. The number of nitrogens with two attached hydrogens (primary N) is 2. The van der Waals surface area contributed by atoms with Crippen LogP contribution in [0.3, 0.4) is 0 Å². The van der Waals surface area contributed by atoms with E-state index in [2.05, 4.69) is 16.0 Å². The molecule has 2 aromatic carbocycles. The van der Waals surface area contributed by atoms with Crippen molar-refractivity contribution < 1.29 is 28.0 Å². The smallest absolute Gasteiger partial charge is 0.415 e. The van der Waals surface area contributed by atoms with E-state index in [-0.39, 0.29) is 48.4 Å². The van der Waals surface area contributed by atoms with Crippen molar-refractivity contribution in [2.24, 2.45) is 11.5 Å². The molecule has 4 rings (SSSR count). The van der Waals surface area contributed by atoms with E-state index in [4.69, 9.17) is 20.5 Å². The van der Waals surface area contributed by atoms with Gasteiger partial charge in [0.1, 0.15) is 11.5 Å². The van der Waals surface area contributed by atoms with Gasteiger partial charge in [0.25, 0.3) is 0 Å². The zero-order valence-corrected chi connectivity index (χ0v) is 21.8. The highest BCUT2D eigenvalue weighted by molar-refractivity contribution is 7.55. The van der Waals surface area contributed by atoms with Crippen LogP contribution < -0.4 is 36.5 Å². The van der Waals surface area contributed by atoms with Gasteiger partial charge in [0.05, 0.1) is 19.1 Å². The summed E-state index contributed by atoms with van der Waals surface area (Å²) in [5.74, 6) is -1.09. The van der Waals surface area contributed by atoms with Gasteiger partial charge in [-0.05, 0) is 80.8 Å². The third kappa shape index (κ3) is 6.70. The molecule has 0 aromatic heterocycles. The van der Waals surface area contributed by atoms with Crippen LogP contribution in [0, 0.1) is 0 Å². The Kier molecular flexibility index (Phi) is 9.01. The molecule has 2 aromatic rings. The molecule has 0 unspecified atom stereocenters. The minimum Gasteiger partial charge on any atom is -0.415 e. The Labute approximate surface area is 220 Å². The fraction of sp³-hybridized carbons (Fsp3) is 0.400. The number of hydrogen-bond donors (Lipinski definition) is 5. The Morgan fingerprint density at radius 1 is 0.868 bits per heavy atom. The lowest BCUT2D eigenvalue weighted by atomic mass is 10.2. The summed E-state index contributed by atoms with van der Waals surface area (Å²) in [6.07, 6.45) is 2.73. The molecule has 12 nitrogen and oxygen atoms in total. The van der Waals surface area contributed by atoms with Crippen molar-refractivity contribution in [3.05, 3.63) is 48.5 Å². The second-order valence-corrected chi connectivity index (χ2v) is 11.1. The van der Waals surface area contributed by atoms with Crippen molar-refractivity contribution >= 4 is 36.7 Å². The predicted molar refractivity (Wildman–Crippen MR) is 143 cm³/mol. The lowest BCUT2D eigenvalue weighted by Gasteiger charge is -2.32. The highest BCUT2D eigenvalue weighted by atomic mass is 31.2. The molecule has 13 heteroatoms. The van der Waals surface area contributed by atoms with Crippen LogP contribution >= 0.6 is 7.60 Å². The Morgan fingerprint density at radius 3 is 1.84 bits per heavy atom. The summed E-state index contributed by atoms with van der Waals surface area (Å²) in [6.45, 7) is 0.904. The molecule has 0 bridgehead atoms. The first-order chi connectivity index (χ1) is 18.3. The zero-order chi connectivity index (χ0) is 27.1. The van der Waals surface area contributed by atoms with Crippen LogP contribution in [0.4, 0.5) is 11.4 Å². The molecule has 2 heterocycles. The summed E-state index contributed by atoms with van der Waals surface area (Å²) in [4.78, 5) is 38.1. The third-order valence-corrected chi connectivity index (χ3v) is 8.54. The molecule has 0 aliphatic carbocycles. The van der Waals surface area contributed by atoms with Gasteiger partial charge >= 0.3 is 7.60 Å². The fourth-order valence-electron chi connectivity index (χ4n) is 4.49. The van der Waals surface area contributed by atoms with Gasteiger partial charge in [0, 0.05) is 17.9 Å². The molecule has 2 aliphatic heterocycles. The van der Waals surface area contributed by atoms with Gasteiger partial charge in [-0.3, -0.25) is 14.4 Å². The van der Waals surface area contributed by atoms with Crippen LogP contribution in [-0.2, 0) is 18.9 Å². The molecule has 38 heavy (non-hydrogen) atoms. The van der Waals surface area contributed by atoms with E-state index in [1.54, 1.807) is 53.4 Å². The van der Waals surface area contributed by atoms with Gasteiger partial charge in [-0.25, -0.2) is 4.57 Å². The summed E-state index contributed by atoms with van der Waals surface area (Å²) in [7, 11) is -4.00. The highest BCUT2D eigenvalue weighted by Gasteiger charge is 2.49. The Bertz CT molecular complexity index is 1120. The van der Waals surface area contributed by atoms with Crippen LogP contribution in [0.15, 0.2) is 48.5 Å². The minimum atomic E-state index is -4.00. The molecule has 0 radical (unpaired) electrons. The van der Waals surface area contributed by atoms with E-state index in [1.807, 2.05) is 0 Å². The molecular formula is C25H33N6O6P. The molecule has 0 spiro atoms. The normalized spacial score (nSPS) is 19.2. The van der Waals surface area contributed by atoms with Gasteiger partial charge in [-0.15, -0.1) is 0 Å². The topological polar surface area (TPSA) is 178 Å². The van der Waals surface area contributed by atoms with Crippen molar-refractivity contribution in [3.8, 4) is 11.5 Å². The van der Waals surface area contributed by atoms with Gasteiger partial charge in [-0.1, -0.05) is 0 Å². The van der Waals surface area contributed by atoms with E-state index in [0.717, 1.165) is 19.4 Å². The molecule has 0 saturated carbocycles. The van der Waals surface area contributed by atoms with Crippen molar-refractivity contribution in [1.82, 2.24) is 10.2 Å². The van der Waals surface area contributed by atoms with Gasteiger partial charge in [-0.2, -0.15) is 0 Å². The second kappa shape index (κ2) is 12.4. The predicted octanol–water partition coefficient (Wildman–Crippen LogP) is 1.83. The van der Waals surface area contributed by atoms with E-state index < -0.39 is 13.4 Å². The average molecular weight is 545 g/mol. The molecule has 2 fully saturated rings. The molecule has 2 atom stereocenters. The van der Waals surface area contributed by atoms with E-state index in [0.29, 0.717) is 30.8 Å². The average Bonchev–Trinajstić information content (AvgIpc) is 3.64. The van der Waals surface area contributed by atoms with Gasteiger partial charge in [0.15, 0.2) is 5.78 Å². The Morgan fingerprint density at radius 2 is 1.39 bits per heavy atom. The number of anilines is 2. The van der Waals surface area contributed by atoms with Crippen LogP contribution in [-0.4, -0.2) is 60.6 Å². The number of nitrogens with one attached hydrogen (secondary N) is 3. The molecule has 3 amide bonds. The molecule has 7 N–H and O–H groups in total. The van der Waals surface area contributed by atoms with Crippen molar-refractivity contribution in [2.75, 3.05) is 36.8 Å². The summed E-state index contributed by atoms with van der Waals surface area (Å²) in [5, 5.41) is 8.48. The van der Waals surface area contributed by atoms with E-state index in [1.165, 1.54) is 0 Å². The summed E-state index contributed by atoms with van der Waals surface area (Å²) in [5.41, 5.74) is 11.7. The monoisotopic (exact) mass is 544 g/mol. The molecule has 2 aliphatic rings. The van der Waals surface area contributed by atoms with Crippen molar-refractivity contribution in [3.63, 3.8) is 0 Å². The minimum absolute atomic E-state index is 0.114. The Hall–Kier alpha value is -3.44. The number of carbonyl (C=O) groups excluding carboxylic acids is 3. The zero-order valence-electron chi connectivity index (χ0n) is 20.9. The van der Waals surface area contributed by atoms with Crippen LogP contribution in [0.1, 0.15) is 25.7 Å². The number of nitrogens with zero attached hydrogens (tertiary/aromatic N) is 1. The summed E-state index contributed by atoms with van der Waals surface area (Å²) >= 11 is 0. The third-order valence-electron chi connectivity index (χ3n) is 6.34. The SMILES string of the molecule is NCC(=O)Nc1ccc(OP(=O)(Oc2ccc(NC(=O)CN)cc2)[C@@H]2CCCN2C(=O)[C@@H]2CCCN2)cc1. The van der Waals surface area contributed by atoms with Gasteiger partial charge < -0.3 is 41.4 Å². The maximum absolute atomic E-state index is 14.5. The number of hydrogen-bond acceptors (Lipinski definition) is 9. The lowest BCUT2D eigenvalue weighted by molar-refractivity contribution is -0.132. The molecule has 204 valence electrons. The first-order valence-electron chi connectivity index (χ1n) is 12.5. The van der Waals surface area contributed by atoms with Crippen LogP contribution in [0.5, 0.6) is 11.5 Å². The summed E-state index contributed by atoms with van der Waals surface area (Å²) < 4.78 is 26.5. The molecule has 2 saturated heterocycles. The first-order valence-corrected chi connectivity index (χ1v) is 14.2. The Balaban J connectivity index is 1.59. The quantitative estimate of drug-likeness (QED) is 0.279. The number of benzene rings is 2. The first kappa shape index (κ1) is 27.6. The highest BCUT2D eigenvalue weighted by Crippen LogP contribution is 2.57. The summed E-state index contributed by atoms with van der Waals surface area (Å²) in [6, 6.07) is 12.3. The maximum atomic E-state index is 14.5. The number of rotatable bonds is 10. The van der Waals surface area contributed by atoms with Gasteiger partial charge in [0.2, 0.25) is 17.7 Å². The largest absolute Gasteiger partial charge is 0.453 e. The van der Waals surface area contributed by atoms with E-state index in [9.17, 15) is 18.9 Å². The van der Waals surface area contributed by atoms with Crippen LogP contribution in [0.2, 0.25) is 0 Å². The number of likely N-dealkylation sites (tertiary alicyclic amines) is 1. The van der Waals surface area contributed by atoms with Crippen LogP contribution in [0.25, 0.3) is 0 Å². The number of carbonyl (C=O) groups is 3. The lowest BCUT2D eigenvalue weighted by Crippen LogP contribution is -2.46. The standard InChI is InChI=1S/C25H33N6O6P/c26-15-22(32)29-17-5-9-19(10-6-17)36-38(35,37-20-11-7-18(8-12-20)30-23(33)16-27)24-4-2-14-31(24)25(34)21-3-1-13-28-21/h5-12,21,24,28H,1-4,13-16,26-27H2,(H,29,32)(H,30,33)/t21-,24+/m0/s1. The molecular weight excluding hydrogens is 511 g/mol. The van der Waals surface area contributed by atoms with Crippen molar-refractivity contribution in [2.45, 2.75) is 37.5 Å². The number of amides is 3. The van der Waals surface area contributed by atoms with E-state index >= 15 is 0 Å². The van der Waals surface area contributed by atoms with Crippen molar-refractivity contribution in [1.29, 1.82) is 0 Å². The second-order valence-electron chi connectivity index (χ2n) is 9.08.